The lowest BCUT2D eigenvalue weighted by Crippen LogP contribution is -2.12. The summed E-state index contributed by atoms with van der Waals surface area (Å²) in [5.41, 5.74) is 0. The zero-order chi connectivity index (χ0) is 14.2. The molecule has 116 valence electrons. The van der Waals surface area contributed by atoms with E-state index in [2.05, 4.69) is 18.9 Å². The highest BCUT2D eigenvalue weighted by atomic mass is 17.5. The molecule has 0 saturated carbocycles. The first-order valence-electron chi connectivity index (χ1n) is 8.32. The lowest BCUT2D eigenvalue weighted by atomic mass is 10.0. The van der Waals surface area contributed by atoms with E-state index in [0.29, 0.717) is 0 Å². The molecule has 0 aliphatic heterocycles. The summed E-state index contributed by atoms with van der Waals surface area (Å²) in [5.74, 6) is 0. The van der Waals surface area contributed by atoms with Gasteiger partial charge in [0.1, 0.15) is 0 Å². The topological polar surface area (TPSA) is 38.7 Å². The highest BCUT2D eigenvalue weighted by molar-refractivity contribution is 4.56. The summed E-state index contributed by atoms with van der Waals surface area (Å²) in [6.45, 7) is 4.38. The molecule has 19 heavy (non-hydrogen) atoms. The molecule has 0 aromatic heterocycles. The summed E-state index contributed by atoms with van der Waals surface area (Å²) in [5, 5.41) is 12.1. The molecule has 0 aromatic rings. The number of rotatable bonds is 15. The molecule has 1 N–H and O–H groups in total. The number of hydrogen-bond donors (Lipinski definition) is 1. The second kappa shape index (κ2) is 15.9. The third kappa shape index (κ3) is 14.1. The van der Waals surface area contributed by atoms with Crippen LogP contribution in [0.25, 0.3) is 0 Å². The summed E-state index contributed by atoms with van der Waals surface area (Å²) in [6.07, 6.45) is 16.5. The molecule has 0 heterocycles. The second-order valence-electron chi connectivity index (χ2n) is 5.55. The molecule has 0 aromatic carbocycles. The minimum absolute atomic E-state index is 0.0593. The van der Waals surface area contributed by atoms with Crippen molar-refractivity contribution in [1.82, 2.24) is 0 Å². The predicted molar refractivity (Wildman–Crippen MR) is 80.0 cm³/mol. The van der Waals surface area contributed by atoms with Gasteiger partial charge < -0.3 is 0 Å². The minimum atomic E-state index is 0.0593. The molecular weight excluding hydrogens is 240 g/mol. The van der Waals surface area contributed by atoms with Gasteiger partial charge >= 0.3 is 0 Å². The van der Waals surface area contributed by atoms with Gasteiger partial charge in [-0.2, -0.15) is 0 Å². The van der Waals surface area contributed by atoms with Crippen LogP contribution in [0.2, 0.25) is 0 Å². The van der Waals surface area contributed by atoms with E-state index in [1.165, 1.54) is 64.2 Å². The van der Waals surface area contributed by atoms with Crippen LogP contribution < -0.4 is 0 Å². The van der Waals surface area contributed by atoms with Crippen molar-refractivity contribution in [3.8, 4) is 0 Å². The molecular formula is C16H34O3. The van der Waals surface area contributed by atoms with Crippen molar-refractivity contribution in [3.05, 3.63) is 0 Å². The Bertz CT molecular complexity index is 156. The average molecular weight is 274 g/mol. The quantitative estimate of drug-likeness (QED) is 0.230. The van der Waals surface area contributed by atoms with Crippen LogP contribution in [0.15, 0.2) is 0 Å². The maximum absolute atomic E-state index is 8.30. The second-order valence-corrected chi connectivity index (χ2v) is 5.55. The lowest BCUT2D eigenvalue weighted by molar-refractivity contribution is -0.507. The van der Waals surface area contributed by atoms with Crippen molar-refractivity contribution in [2.24, 2.45) is 0 Å². The van der Waals surface area contributed by atoms with Gasteiger partial charge in [0, 0.05) is 0 Å². The summed E-state index contributed by atoms with van der Waals surface area (Å²) < 4.78 is 0. The molecule has 0 amide bonds. The van der Waals surface area contributed by atoms with Gasteiger partial charge in [-0.05, 0) is 12.8 Å². The smallest absolute Gasteiger partial charge is 0.0961 e. The van der Waals surface area contributed by atoms with Gasteiger partial charge in [0.25, 0.3) is 0 Å². The molecule has 1 unspecified atom stereocenters. The highest BCUT2D eigenvalue weighted by Crippen LogP contribution is 2.15. The van der Waals surface area contributed by atoms with E-state index in [1.54, 1.807) is 0 Å². The van der Waals surface area contributed by atoms with Gasteiger partial charge in [-0.25, -0.2) is 10.1 Å². The van der Waals surface area contributed by atoms with E-state index in [4.69, 9.17) is 10.1 Å². The maximum atomic E-state index is 8.30. The maximum Gasteiger partial charge on any atom is 0.0961 e. The van der Waals surface area contributed by atoms with Crippen LogP contribution in [0.3, 0.4) is 0 Å². The van der Waals surface area contributed by atoms with Crippen molar-refractivity contribution in [2.75, 3.05) is 0 Å². The van der Waals surface area contributed by atoms with E-state index in [0.717, 1.165) is 19.3 Å². The van der Waals surface area contributed by atoms with Crippen LogP contribution >= 0.6 is 0 Å². The molecule has 0 spiro atoms. The Kier molecular flexibility index (Phi) is 15.8. The zero-order valence-electron chi connectivity index (χ0n) is 13.0. The van der Waals surface area contributed by atoms with Gasteiger partial charge in [0.05, 0.1) is 6.10 Å². The van der Waals surface area contributed by atoms with E-state index in [1.807, 2.05) is 0 Å². The molecule has 0 aliphatic rings. The third-order valence-electron chi connectivity index (χ3n) is 3.67. The monoisotopic (exact) mass is 274 g/mol. The van der Waals surface area contributed by atoms with Gasteiger partial charge in [-0.3, -0.25) is 0 Å². The largest absolute Gasteiger partial charge is 0.221 e. The molecule has 1 atom stereocenters. The fraction of sp³-hybridized carbons (Fsp3) is 1.00. The summed E-state index contributed by atoms with van der Waals surface area (Å²) in [6, 6.07) is 0. The van der Waals surface area contributed by atoms with E-state index in [-0.39, 0.29) is 6.10 Å². The first kappa shape index (κ1) is 18.9. The standard InChI is InChI=1S/C16H34O3/c1-3-5-6-7-8-9-10-11-12-13-15-16(14-4-2)18-19-17/h16-17H,3-15H2,1-2H3. The van der Waals surface area contributed by atoms with Crippen molar-refractivity contribution in [3.63, 3.8) is 0 Å². The van der Waals surface area contributed by atoms with Crippen LogP contribution in [0.5, 0.6) is 0 Å². The Morgan fingerprint density at radius 1 is 0.684 bits per heavy atom. The van der Waals surface area contributed by atoms with Gasteiger partial charge in [-0.1, -0.05) is 89.5 Å². The van der Waals surface area contributed by atoms with E-state index in [9.17, 15) is 0 Å². The molecule has 0 aliphatic carbocycles. The van der Waals surface area contributed by atoms with Crippen molar-refractivity contribution in [2.45, 2.75) is 103 Å². The Balaban J connectivity index is 3.20. The first-order valence-corrected chi connectivity index (χ1v) is 8.32. The summed E-state index contributed by atoms with van der Waals surface area (Å²) >= 11 is 0. The van der Waals surface area contributed by atoms with Crippen LogP contribution in [0.4, 0.5) is 0 Å². The van der Waals surface area contributed by atoms with Gasteiger partial charge in [0.2, 0.25) is 0 Å². The molecule has 0 rings (SSSR count). The highest BCUT2D eigenvalue weighted by Gasteiger charge is 2.08. The van der Waals surface area contributed by atoms with Crippen molar-refractivity contribution < 1.29 is 15.2 Å². The number of unbranched alkanes of at least 4 members (excludes halogenated alkanes) is 9. The van der Waals surface area contributed by atoms with Crippen LogP contribution in [0.1, 0.15) is 97.3 Å². The van der Waals surface area contributed by atoms with Crippen molar-refractivity contribution >= 4 is 0 Å². The van der Waals surface area contributed by atoms with Crippen LogP contribution in [-0.4, -0.2) is 11.4 Å². The van der Waals surface area contributed by atoms with E-state index < -0.39 is 0 Å². The third-order valence-corrected chi connectivity index (χ3v) is 3.67. The molecule has 3 nitrogen and oxygen atoms in total. The molecule has 3 heteroatoms. The molecule has 0 bridgehead atoms. The summed E-state index contributed by atoms with van der Waals surface area (Å²) in [4.78, 5) is 4.82. The molecule has 0 saturated heterocycles. The SMILES string of the molecule is CCCCCCCCCCCCC(CCC)OOO. The Morgan fingerprint density at radius 2 is 1.21 bits per heavy atom. The zero-order valence-corrected chi connectivity index (χ0v) is 13.0. The predicted octanol–water partition coefficient (Wildman–Crippen LogP) is 5.89. The van der Waals surface area contributed by atoms with Crippen molar-refractivity contribution in [1.29, 1.82) is 0 Å². The van der Waals surface area contributed by atoms with Gasteiger partial charge in [-0.15, -0.1) is 0 Å². The Hall–Kier alpha value is -0.120. The Morgan fingerprint density at radius 3 is 1.68 bits per heavy atom. The fourth-order valence-corrected chi connectivity index (χ4v) is 2.48. The first-order chi connectivity index (χ1) is 9.35. The van der Waals surface area contributed by atoms with Gasteiger partial charge in [0.15, 0.2) is 0 Å². The van der Waals surface area contributed by atoms with Crippen LogP contribution in [-0.2, 0) is 9.93 Å². The minimum Gasteiger partial charge on any atom is -0.221 e. The van der Waals surface area contributed by atoms with E-state index >= 15 is 0 Å². The Labute approximate surface area is 119 Å². The normalized spacial score (nSPS) is 12.8. The summed E-state index contributed by atoms with van der Waals surface area (Å²) in [7, 11) is 0. The van der Waals surface area contributed by atoms with Crippen LogP contribution in [0, 0.1) is 0 Å². The average Bonchev–Trinajstić information content (AvgIpc) is 2.41. The lowest BCUT2D eigenvalue weighted by Gasteiger charge is -2.12. The molecule has 0 fully saturated rings. The molecule has 0 radical (unpaired) electrons. The number of hydrogen-bond acceptors (Lipinski definition) is 3. The fourth-order valence-electron chi connectivity index (χ4n) is 2.48.